The van der Waals surface area contributed by atoms with Crippen LogP contribution in [0.3, 0.4) is 0 Å². The third-order valence-electron chi connectivity index (χ3n) is 5.69. The van der Waals surface area contributed by atoms with Gasteiger partial charge in [0.25, 0.3) is 0 Å². The number of phenols is 2. The number of rotatable bonds is 9. The van der Waals surface area contributed by atoms with Gasteiger partial charge in [-0.05, 0) is 43.2 Å². The number of carbonyl (C=O) groups excluding carboxylic acids is 2. The number of hydrogen-bond acceptors (Lipinski definition) is 7. The molecule has 0 spiro atoms. The van der Waals surface area contributed by atoms with Crippen molar-refractivity contribution in [2.24, 2.45) is 5.73 Å². The largest absolute Gasteiger partial charge is 0.508 e. The molecule has 35 heavy (non-hydrogen) atoms. The number of furan rings is 1. The second-order valence-corrected chi connectivity index (χ2v) is 7.96. The predicted molar refractivity (Wildman–Crippen MR) is 131 cm³/mol. The third-order valence-corrected chi connectivity index (χ3v) is 5.69. The van der Waals surface area contributed by atoms with E-state index in [1.807, 2.05) is 30.3 Å². The van der Waals surface area contributed by atoms with Gasteiger partial charge in [-0.1, -0.05) is 42.5 Å². The maximum Gasteiger partial charge on any atom is 0.342 e. The summed E-state index contributed by atoms with van der Waals surface area (Å²) in [6.07, 6.45) is 0.269. The van der Waals surface area contributed by atoms with E-state index in [4.69, 9.17) is 14.9 Å². The first kappa shape index (κ1) is 23.8. The average Bonchev–Trinajstić information content (AvgIpc) is 3.24. The number of carbonyl (C=O) groups is 2. The van der Waals surface area contributed by atoms with Gasteiger partial charge in [0.05, 0.1) is 6.61 Å². The summed E-state index contributed by atoms with van der Waals surface area (Å²) >= 11 is 0. The van der Waals surface area contributed by atoms with Crippen molar-refractivity contribution < 1.29 is 29.0 Å². The summed E-state index contributed by atoms with van der Waals surface area (Å²) in [4.78, 5) is 25.1. The predicted octanol–water partition coefficient (Wildman–Crippen LogP) is 4.05. The van der Waals surface area contributed by atoms with Crippen molar-refractivity contribution >= 4 is 22.8 Å². The Morgan fingerprint density at radius 3 is 2.40 bits per heavy atom. The van der Waals surface area contributed by atoms with Crippen molar-refractivity contribution in [2.75, 3.05) is 13.2 Å². The lowest BCUT2D eigenvalue weighted by Gasteiger charge is -2.16. The van der Waals surface area contributed by atoms with Crippen LogP contribution in [0.15, 0.2) is 71.1 Å². The maximum atomic E-state index is 13.0. The number of amides is 1. The fourth-order valence-electron chi connectivity index (χ4n) is 4.08. The van der Waals surface area contributed by atoms with Crippen LogP contribution in [-0.4, -0.2) is 35.2 Å². The normalized spacial score (nSPS) is 11.9. The van der Waals surface area contributed by atoms with Crippen LogP contribution in [0, 0.1) is 0 Å². The molecule has 0 fully saturated rings. The van der Waals surface area contributed by atoms with E-state index in [0.717, 1.165) is 0 Å². The number of hydrogen-bond donors (Lipinski definition) is 4. The summed E-state index contributed by atoms with van der Waals surface area (Å²) in [5.74, 6) is -0.707. The van der Waals surface area contributed by atoms with E-state index < -0.39 is 17.9 Å². The molecular formula is C27H26N2O6. The molecule has 180 valence electrons. The SMILES string of the molecule is CCOC(=O)c1c(-c2ccccc2)oc2ccc(O)c(CCN[C@H](C(N)=O)c3ccc(O)cc3)c12. The number of fused-ring (bicyclic) bond motifs is 1. The molecule has 0 saturated heterocycles. The van der Waals surface area contributed by atoms with Crippen molar-refractivity contribution in [3.8, 4) is 22.8 Å². The van der Waals surface area contributed by atoms with Crippen molar-refractivity contribution in [3.05, 3.63) is 83.4 Å². The zero-order valence-electron chi connectivity index (χ0n) is 19.2. The molecule has 0 aliphatic rings. The Morgan fingerprint density at radius 1 is 1.03 bits per heavy atom. The number of primary amides is 1. The Hall–Kier alpha value is -4.30. The van der Waals surface area contributed by atoms with Crippen LogP contribution in [0.5, 0.6) is 11.5 Å². The highest BCUT2D eigenvalue weighted by Crippen LogP contribution is 2.39. The van der Waals surface area contributed by atoms with Crippen molar-refractivity contribution in [3.63, 3.8) is 0 Å². The van der Waals surface area contributed by atoms with Gasteiger partial charge in [-0.25, -0.2) is 4.79 Å². The molecule has 1 heterocycles. The molecule has 8 heteroatoms. The van der Waals surface area contributed by atoms with Gasteiger partial charge in [0.1, 0.15) is 34.4 Å². The first-order valence-corrected chi connectivity index (χ1v) is 11.2. The molecule has 5 N–H and O–H groups in total. The van der Waals surface area contributed by atoms with Crippen LogP contribution >= 0.6 is 0 Å². The van der Waals surface area contributed by atoms with Crippen molar-refractivity contribution in [2.45, 2.75) is 19.4 Å². The molecule has 0 unspecified atom stereocenters. The lowest BCUT2D eigenvalue weighted by molar-refractivity contribution is -0.120. The van der Waals surface area contributed by atoms with Crippen LogP contribution in [0.2, 0.25) is 0 Å². The highest BCUT2D eigenvalue weighted by molar-refractivity contribution is 6.10. The van der Waals surface area contributed by atoms with E-state index in [2.05, 4.69) is 5.32 Å². The molecule has 1 atom stereocenters. The second-order valence-electron chi connectivity index (χ2n) is 7.96. The monoisotopic (exact) mass is 474 g/mol. The molecule has 0 bridgehead atoms. The Labute approximate surface area is 201 Å². The van der Waals surface area contributed by atoms with Gasteiger partial charge in [-0.15, -0.1) is 0 Å². The van der Waals surface area contributed by atoms with Gasteiger partial charge in [0.15, 0.2) is 0 Å². The van der Waals surface area contributed by atoms with Crippen LogP contribution in [0.25, 0.3) is 22.3 Å². The van der Waals surface area contributed by atoms with Gasteiger partial charge in [-0.3, -0.25) is 4.79 Å². The summed E-state index contributed by atoms with van der Waals surface area (Å²) in [6.45, 7) is 2.16. The molecule has 4 aromatic rings. The summed E-state index contributed by atoms with van der Waals surface area (Å²) < 4.78 is 11.4. The minimum atomic E-state index is -0.800. The smallest absolute Gasteiger partial charge is 0.342 e. The molecule has 8 nitrogen and oxygen atoms in total. The van der Waals surface area contributed by atoms with E-state index in [1.54, 1.807) is 25.1 Å². The topological polar surface area (TPSA) is 135 Å². The Morgan fingerprint density at radius 2 is 1.74 bits per heavy atom. The van der Waals surface area contributed by atoms with E-state index in [-0.39, 0.29) is 36.6 Å². The first-order valence-electron chi connectivity index (χ1n) is 11.2. The highest BCUT2D eigenvalue weighted by atomic mass is 16.5. The maximum absolute atomic E-state index is 13.0. The average molecular weight is 475 g/mol. The van der Waals surface area contributed by atoms with Gasteiger partial charge in [-0.2, -0.15) is 0 Å². The molecule has 0 saturated carbocycles. The molecular weight excluding hydrogens is 448 g/mol. The summed E-state index contributed by atoms with van der Waals surface area (Å²) in [6, 6.07) is 17.7. The number of aromatic hydroxyl groups is 2. The van der Waals surface area contributed by atoms with E-state index >= 15 is 0 Å². The lowest BCUT2D eigenvalue weighted by atomic mass is 9.98. The number of nitrogens with one attached hydrogen (secondary N) is 1. The third kappa shape index (κ3) is 4.97. The molecule has 1 amide bonds. The fourth-order valence-corrected chi connectivity index (χ4v) is 4.08. The van der Waals surface area contributed by atoms with Crippen molar-refractivity contribution in [1.82, 2.24) is 5.32 Å². The highest BCUT2D eigenvalue weighted by Gasteiger charge is 2.27. The van der Waals surface area contributed by atoms with Gasteiger partial charge in [0, 0.05) is 23.1 Å². The van der Waals surface area contributed by atoms with Crippen LogP contribution in [0.4, 0.5) is 0 Å². The summed E-state index contributed by atoms with van der Waals surface area (Å²) in [7, 11) is 0. The van der Waals surface area contributed by atoms with E-state index in [9.17, 15) is 19.8 Å². The number of benzene rings is 3. The van der Waals surface area contributed by atoms with E-state index in [0.29, 0.717) is 33.4 Å². The van der Waals surface area contributed by atoms with Crippen LogP contribution in [-0.2, 0) is 16.0 Å². The minimum Gasteiger partial charge on any atom is -0.508 e. The standard InChI is InChI=1S/C27H26N2O6/c1-2-34-27(33)23-22-19(14-15-29-24(26(28)32)16-8-10-18(30)11-9-16)20(31)12-13-21(22)35-25(23)17-6-4-3-5-7-17/h3-13,24,29-31H,2,14-15H2,1H3,(H2,28,32)/t24-/m0/s1. The second kappa shape index (κ2) is 10.3. The molecule has 0 aliphatic carbocycles. The van der Waals surface area contributed by atoms with Crippen LogP contribution < -0.4 is 11.1 Å². The quantitative estimate of drug-likeness (QED) is 0.269. The van der Waals surface area contributed by atoms with Crippen LogP contribution in [0.1, 0.15) is 34.5 Å². The van der Waals surface area contributed by atoms with Crippen molar-refractivity contribution in [1.29, 1.82) is 0 Å². The Kier molecular flexibility index (Phi) is 7.03. The number of ether oxygens (including phenoxy) is 1. The Bertz CT molecular complexity index is 1350. The zero-order valence-corrected chi connectivity index (χ0v) is 19.2. The van der Waals surface area contributed by atoms with Gasteiger partial charge in [0.2, 0.25) is 5.91 Å². The first-order chi connectivity index (χ1) is 16.9. The van der Waals surface area contributed by atoms with E-state index in [1.165, 1.54) is 18.2 Å². The lowest BCUT2D eigenvalue weighted by Crippen LogP contribution is -2.34. The van der Waals surface area contributed by atoms with Gasteiger partial charge >= 0.3 is 5.97 Å². The molecule has 0 aliphatic heterocycles. The number of nitrogens with two attached hydrogens (primary N) is 1. The fraction of sp³-hybridized carbons (Fsp3) is 0.185. The molecule has 3 aromatic carbocycles. The summed E-state index contributed by atoms with van der Waals surface area (Å²) in [5, 5.41) is 23.8. The minimum absolute atomic E-state index is 0.00878. The molecule has 1 aromatic heterocycles. The molecule has 4 rings (SSSR count). The molecule has 0 radical (unpaired) electrons. The summed E-state index contributed by atoms with van der Waals surface area (Å²) in [5.41, 5.74) is 8.04. The number of phenolic OH excluding ortho intramolecular Hbond substituents is 2. The van der Waals surface area contributed by atoms with Gasteiger partial charge < -0.3 is 30.4 Å². The Balaban J connectivity index is 1.71. The number of esters is 1. The zero-order chi connectivity index (χ0) is 24.9.